The predicted octanol–water partition coefficient (Wildman–Crippen LogP) is 4.30. The van der Waals surface area contributed by atoms with Crippen LogP contribution in [-0.2, 0) is 0 Å². The monoisotopic (exact) mass is 288 g/mol. The van der Waals surface area contributed by atoms with E-state index >= 15 is 0 Å². The van der Waals surface area contributed by atoms with Gasteiger partial charge in [0.15, 0.2) is 5.13 Å². The van der Waals surface area contributed by atoms with Crippen molar-refractivity contribution in [2.24, 2.45) is 0 Å². The van der Waals surface area contributed by atoms with Gasteiger partial charge in [-0.15, -0.1) is 11.3 Å². The summed E-state index contributed by atoms with van der Waals surface area (Å²) in [5.41, 5.74) is 0.944. The molecule has 0 unspecified atom stereocenters. The normalized spacial score (nSPS) is 10.1. The molecule has 0 saturated carbocycles. The smallest absolute Gasteiger partial charge is 0.188 e. The Morgan fingerprint density at radius 1 is 1.43 bits per heavy atom. The quantitative estimate of drug-likeness (QED) is 0.891. The lowest BCUT2D eigenvalue weighted by Gasteiger charge is -2.01. The van der Waals surface area contributed by atoms with E-state index < -0.39 is 0 Å². The van der Waals surface area contributed by atoms with E-state index in [1.54, 1.807) is 0 Å². The van der Waals surface area contributed by atoms with Crippen molar-refractivity contribution in [1.29, 1.82) is 0 Å². The first-order valence-electron chi connectivity index (χ1n) is 3.88. The number of anilines is 2. The van der Waals surface area contributed by atoms with Crippen molar-refractivity contribution < 1.29 is 0 Å². The van der Waals surface area contributed by atoms with Crippen LogP contribution < -0.4 is 5.32 Å². The summed E-state index contributed by atoms with van der Waals surface area (Å²) in [4.78, 5) is 4.22. The molecular formula is C9H6BrClN2S. The zero-order valence-corrected chi connectivity index (χ0v) is 10.2. The third kappa shape index (κ3) is 2.47. The molecule has 1 aromatic carbocycles. The van der Waals surface area contributed by atoms with Crippen LogP contribution in [0.5, 0.6) is 0 Å². The lowest BCUT2D eigenvalue weighted by atomic mass is 10.3. The maximum atomic E-state index is 5.85. The number of halogens is 2. The zero-order valence-electron chi connectivity index (χ0n) is 7.00. The highest BCUT2D eigenvalue weighted by Crippen LogP contribution is 2.24. The lowest BCUT2D eigenvalue weighted by molar-refractivity contribution is 1.35. The molecule has 0 aliphatic heterocycles. The molecule has 72 valence electrons. The molecule has 0 radical (unpaired) electrons. The Labute approximate surface area is 99.1 Å². The predicted molar refractivity (Wildman–Crippen MR) is 64.5 cm³/mol. The Hall–Kier alpha value is -0.580. The van der Waals surface area contributed by atoms with E-state index in [1.807, 2.05) is 29.6 Å². The highest BCUT2D eigenvalue weighted by molar-refractivity contribution is 9.10. The van der Waals surface area contributed by atoms with Crippen molar-refractivity contribution in [3.05, 3.63) is 39.3 Å². The first-order chi connectivity index (χ1) is 6.74. The maximum Gasteiger partial charge on any atom is 0.188 e. The van der Waals surface area contributed by atoms with E-state index in [2.05, 4.69) is 26.2 Å². The molecule has 0 saturated heterocycles. The van der Waals surface area contributed by atoms with Gasteiger partial charge in [-0.25, -0.2) is 4.98 Å². The summed E-state index contributed by atoms with van der Waals surface area (Å²) in [7, 11) is 0. The highest BCUT2D eigenvalue weighted by atomic mass is 79.9. The molecule has 14 heavy (non-hydrogen) atoms. The number of nitrogens with one attached hydrogen (secondary N) is 1. The van der Waals surface area contributed by atoms with Gasteiger partial charge in [-0.05, 0) is 34.1 Å². The third-order valence-electron chi connectivity index (χ3n) is 1.55. The van der Waals surface area contributed by atoms with Crippen LogP contribution in [0.1, 0.15) is 0 Å². The molecule has 0 amide bonds. The molecule has 1 N–H and O–H groups in total. The average molecular weight is 290 g/mol. The minimum atomic E-state index is 0.714. The Morgan fingerprint density at radius 2 is 2.29 bits per heavy atom. The van der Waals surface area contributed by atoms with Gasteiger partial charge >= 0.3 is 0 Å². The number of thiazole rings is 1. The molecule has 2 rings (SSSR count). The minimum absolute atomic E-state index is 0.714. The van der Waals surface area contributed by atoms with Crippen LogP contribution in [0.4, 0.5) is 10.8 Å². The molecule has 0 aliphatic rings. The summed E-state index contributed by atoms with van der Waals surface area (Å²) in [5.74, 6) is 0. The van der Waals surface area contributed by atoms with Gasteiger partial charge in [-0.2, -0.15) is 0 Å². The highest BCUT2D eigenvalue weighted by Gasteiger charge is 1.99. The largest absolute Gasteiger partial charge is 0.331 e. The standard InChI is InChI=1S/C9H6BrClN2S/c10-8-5-14-9(13-8)12-7-3-1-2-6(11)4-7/h1-5H,(H,12,13). The molecule has 2 nitrogen and oxygen atoms in total. The van der Waals surface area contributed by atoms with Gasteiger partial charge in [0.05, 0.1) is 0 Å². The third-order valence-corrected chi connectivity index (χ3v) is 3.25. The molecule has 0 atom stereocenters. The number of rotatable bonds is 2. The number of benzene rings is 1. The Kier molecular flexibility index (Phi) is 3.05. The van der Waals surface area contributed by atoms with Crippen molar-refractivity contribution in [2.45, 2.75) is 0 Å². The molecule has 2 aromatic rings. The Morgan fingerprint density at radius 3 is 2.93 bits per heavy atom. The van der Waals surface area contributed by atoms with Crippen molar-refractivity contribution in [3.8, 4) is 0 Å². The fourth-order valence-corrected chi connectivity index (χ4v) is 2.36. The molecule has 0 spiro atoms. The van der Waals surface area contributed by atoms with Crippen LogP contribution in [0.15, 0.2) is 34.2 Å². The van der Waals surface area contributed by atoms with E-state index in [0.717, 1.165) is 15.4 Å². The Bertz CT molecular complexity index is 444. The molecule has 0 aliphatic carbocycles. The SMILES string of the molecule is Clc1cccc(Nc2nc(Br)cs2)c1. The van der Waals surface area contributed by atoms with Crippen LogP contribution >= 0.6 is 38.9 Å². The van der Waals surface area contributed by atoms with Crippen LogP contribution in [0.2, 0.25) is 5.02 Å². The van der Waals surface area contributed by atoms with Gasteiger partial charge in [0.2, 0.25) is 0 Å². The summed E-state index contributed by atoms with van der Waals surface area (Å²) in [6.45, 7) is 0. The lowest BCUT2D eigenvalue weighted by Crippen LogP contribution is -1.88. The summed E-state index contributed by atoms with van der Waals surface area (Å²) >= 11 is 10.7. The average Bonchev–Trinajstić information content (AvgIpc) is 2.51. The summed E-state index contributed by atoms with van der Waals surface area (Å²) in [6, 6.07) is 7.54. The molecule has 0 fully saturated rings. The molecule has 0 bridgehead atoms. The number of hydrogen-bond acceptors (Lipinski definition) is 3. The molecular weight excluding hydrogens is 284 g/mol. The Balaban J connectivity index is 2.18. The minimum Gasteiger partial charge on any atom is -0.331 e. The van der Waals surface area contributed by atoms with E-state index in [0.29, 0.717) is 5.02 Å². The van der Waals surface area contributed by atoms with Crippen molar-refractivity contribution in [1.82, 2.24) is 4.98 Å². The number of nitrogens with zero attached hydrogens (tertiary/aromatic N) is 1. The fourth-order valence-electron chi connectivity index (χ4n) is 1.00. The number of aromatic nitrogens is 1. The van der Waals surface area contributed by atoms with Crippen LogP contribution in [-0.4, -0.2) is 4.98 Å². The van der Waals surface area contributed by atoms with E-state index in [9.17, 15) is 0 Å². The van der Waals surface area contributed by atoms with Crippen LogP contribution in [0.3, 0.4) is 0 Å². The van der Waals surface area contributed by atoms with E-state index in [4.69, 9.17) is 11.6 Å². The fraction of sp³-hybridized carbons (Fsp3) is 0. The van der Waals surface area contributed by atoms with Gasteiger partial charge in [-0.1, -0.05) is 17.7 Å². The zero-order chi connectivity index (χ0) is 9.97. The summed E-state index contributed by atoms with van der Waals surface area (Å²) < 4.78 is 0.840. The van der Waals surface area contributed by atoms with E-state index in [-0.39, 0.29) is 0 Å². The van der Waals surface area contributed by atoms with Gasteiger partial charge in [0.1, 0.15) is 4.60 Å². The summed E-state index contributed by atoms with van der Waals surface area (Å²) in [5, 5.41) is 6.64. The molecule has 1 aromatic heterocycles. The van der Waals surface area contributed by atoms with Crippen molar-refractivity contribution in [3.63, 3.8) is 0 Å². The van der Waals surface area contributed by atoms with E-state index in [1.165, 1.54) is 11.3 Å². The number of hydrogen-bond donors (Lipinski definition) is 1. The maximum absolute atomic E-state index is 5.85. The molecule has 5 heteroatoms. The second-order valence-corrected chi connectivity index (χ2v) is 4.72. The first kappa shape index (κ1) is 9.96. The second-order valence-electron chi connectivity index (χ2n) is 2.61. The van der Waals surface area contributed by atoms with Crippen LogP contribution in [0, 0.1) is 0 Å². The van der Waals surface area contributed by atoms with Gasteiger partial charge in [0.25, 0.3) is 0 Å². The van der Waals surface area contributed by atoms with Gasteiger partial charge in [0, 0.05) is 16.1 Å². The van der Waals surface area contributed by atoms with Crippen molar-refractivity contribution in [2.75, 3.05) is 5.32 Å². The van der Waals surface area contributed by atoms with Crippen molar-refractivity contribution >= 4 is 49.7 Å². The molecule has 1 heterocycles. The summed E-state index contributed by atoms with van der Waals surface area (Å²) in [6.07, 6.45) is 0. The topological polar surface area (TPSA) is 24.9 Å². The second kappa shape index (κ2) is 4.29. The van der Waals surface area contributed by atoms with Crippen LogP contribution in [0.25, 0.3) is 0 Å². The van der Waals surface area contributed by atoms with Gasteiger partial charge in [-0.3, -0.25) is 0 Å². The first-order valence-corrected chi connectivity index (χ1v) is 5.93. The van der Waals surface area contributed by atoms with Gasteiger partial charge < -0.3 is 5.32 Å².